The van der Waals surface area contributed by atoms with E-state index < -0.39 is 0 Å². The number of ether oxygens (including phenoxy) is 1. The summed E-state index contributed by atoms with van der Waals surface area (Å²) in [6.45, 7) is 1.86. The average Bonchev–Trinajstić information content (AvgIpc) is 2.39. The number of para-hydroxylation sites is 1. The van der Waals surface area contributed by atoms with Crippen LogP contribution in [0.3, 0.4) is 0 Å². The highest BCUT2D eigenvalue weighted by Gasteiger charge is 2.09. The predicted molar refractivity (Wildman–Crippen MR) is 65.5 cm³/mol. The first kappa shape index (κ1) is 13.0. The lowest BCUT2D eigenvalue weighted by Gasteiger charge is -2.24. The summed E-state index contributed by atoms with van der Waals surface area (Å²) in [7, 11) is 1.64. The lowest BCUT2D eigenvalue weighted by atomic mass is 10.1. The molecule has 0 amide bonds. The van der Waals surface area contributed by atoms with Gasteiger partial charge in [0.1, 0.15) is 6.07 Å². The molecule has 0 fully saturated rings. The predicted octanol–water partition coefficient (Wildman–Crippen LogP) is 1.92. The van der Waals surface area contributed by atoms with E-state index in [0.29, 0.717) is 31.7 Å². The molecule has 0 radical (unpaired) electrons. The molecule has 0 heterocycles. The number of rotatable bonds is 6. The zero-order valence-electron chi connectivity index (χ0n) is 9.89. The van der Waals surface area contributed by atoms with Gasteiger partial charge in [-0.05, 0) is 12.1 Å². The van der Waals surface area contributed by atoms with E-state index in [-0.39, 0.29) is 0 Å². The highest BCUT2D eigenvalue weighted by atomic mass is 16.5. The molecule has 0 aromatic heterocycles. The molecule has 0 aliphatic heterocycles. The van der Waals surface area contributed by atoms with Crippen molar-refractivity contribution in [2.75, 3.05) is 31.7 Å². The second-order valence-electron chi connectivity index (χ2n) is 3.52. The number of hydrogen-bond donors (Lipinski definition) is 0. The number of methoxy groups -OCH3 is 1. The van der Waals surface area contributed by atoms with Crippen molar-refractivity contribution in [2.45, 2.75) is 6.42 Å². The van der Waals surface area contributed by atoms with Gasteiger partial charge in [-0.15, -0.1) is 0 Å². The molecule has 0 N–H and O–H groups in total. The molecule has 0 unspecified atom stereocenters. The minimum absolute atomic E-state index is 0.434. The van der Waals surface area contributed by atoms with Crippen molar-refractivity contribution >= 4 is 5.69 Å². The number of hydrogen-bond acceptors (Lipinski definition) is 4. The van der Waals surface area contributed by atoms with Gasteiger partial charge >= 0.3 is 0 Å². The topological polar surface area (TPSA) is 60.0 Å². The van der Waals surface area contributed by atoms with Crippen molar-refractivity contribution in [1.29, 1.82) is 10.5 Å². The third-order valence-electron chi connectivity index (χ3n) is 2.42. The fraction of sp³-hybridized carbons (Fsp3) is 0.385. The second-order valence-corrected chi connectivity index (χ2v) is 3.52. The van der Waals surface area contributed by atoms with Gasteiger partial charge in [0.2, 0.25) is 0 Å². The van der Waals surface area contributed by atoms with Crippen LogP contribution in [0.5, 0.6) is 0 Å². The molecule has 4 nitrogen and oxygen atoms in total. The monoisotopic (exact) mass is 229 g/mol. The van der Waals surface area contributed by atoms with Crippen molar-refractivity contribution in [1.82, 2.24) is 0 Å². The van der Waals surface area contributed by atoms with Gasteiger partial charge in [0, 0.05) is 20.2 Å². The highest BCUT2D eigenvalue weighted by molar-refractivity contribution is 5.59. The van der Waals surface area contributed by atoms with E-state index in [0.717, 1.165) is 5.69 Å². The Labute approximate surface area is 102 Å². The Bertz CT molecular complexity index is 431. The fourth-order valence-corrected chi connectivity index (χ4v) is 1.58. The molecule has 0 aliphatic rings. The lowest BCUT2D eigenvalue weighted by Crippen LogP contribution is -2.28. The molecule has 17 heavy (non-hydrogen) atoms. The van der Waals surface area contributed by atoms with Crippen LogP contribution < -0.4 is 4.90 Å². The molecule has 0 aliphatic carbocycles. The Kier molecular flexibility index (Phi) is 5.57. The molecule has 0 saturated carbocycles. The van der Waals surface area contributed by atoms with Crippen LogP contribution in [0.15, 0.2) is 24.3 Å². The summed E-state index contributed by atoms with van der Waals surface area (Å²) in [6.07, 6.45) is 0.434. The molecule has 1 rings (SSSR count). The summed E-state index contributed by atoms with van der Waals surface area (Å²) >= 11 is 0. The Morgan fingerprint density at radius 3 is 2.65 bits per heavy atom. The summed E-state index contributed by atoms with van der Waals surface area (Å²) in [4.78, 5) is 2.01. The van der Waals surface area contributed by atoms with Gasteiger partial charge in [-0.25, -0.2) is 0 Å². The van der Waals surface area contributed by atoms with Crippen LogP contribution in [-0.4, -0.2) is 26.8 Å². The van der Waals surface area contributed by atoms with Crippen LogP contribution >= 0.6 is 0 Å². The SMILES string of the molecule is COCCN(CCC#N)c1ccccc1C#N. The van der Waals surface area contributed by atoms with E-state index in [1.54, 1.807) is 13.2 Å². The third-order valence-corrected chi connectivity index (χ3v) is 2.42. The summed E-state index contributed by atoms with van der Waals surface area (Å²) in [5, 5.41) is 17.7. The minimum atomic E-state index is 0.434. The van der Waals surface area contributed by atoms with Gasteiger partial charge < -0.3 is 9.64 Å². The largest absolute Gasteiger partial charge is 0.383 e. The van der Waals surface area contributed by atoms with Gasteiger partial charge in [-0.3, -0.25) is 0 Å². The van der Waals surface area contributed by atoms with Gasteiger partial charge in [0.25, 0.3) is 0 Å². The van der Waals surface area contributed by atoms with Crippen LogP contribution in [0.2, 0.25) is 0 Å². The van der Waals surface area contributed by atoms with E-state index in [9.17, 15) is 0 Å². The number of benzene rings is 1. The van der Waals surface area contributed by atoms with Crippen molar-refractivity contribution in [3.63, 3.8) is 0 Å². The molecule has 1 aromatic carbocycles. The molecule has 4 heteroatoms. The van der Waals surface area contributed by atoms with Gasteiger partial charge in [-0.2, -0.15) is 10.5 Å². The molecule has 0 saturated heterocycles. The summed E-state index contributed by atoms with van der Waals surface area (Å²) < 4.78 is 5.04. The van der Waals surface area contributed by atoms with Crippen LogP contribution in [0, 0.1) is 22.7 Å². The molecule has 88 valence electrons. The zero-order valence-corrected chi connectivity index (χ0v) is 9.89. The Morgan fingerprint density at radius 2 is 2.00 bits per heavy atom. The second kappa shape index (κ2) is 7.27. The maximum Gasteiger partial charge on any atom is 0.101 e. The van der Waals surface area contributed by atoms with E-state index in [2.05, 4.69) is 12.1 Å². The Hall–Kier alpha value is -2.04. The van der Waals surface area contributed by atoms with Crippen molar-refractivity contribution in [2.24, 2.45) is 0 Å². The van der Waals surface area contributed by atoms with Crippen molar-refractivity contribution < 1.29 is 4.74 Å². The van der Waals surface area contributed by atoms with Crippen molar-refractivity contribution in [3.05, 3.63) is 29.8 Å². The van der Waals surface area contributed by atoms with Crippen LogP contribution in [0.25, 0.3) is 0 Å². The first-order valence-electron chi connectivity index (χ1n) is 5.43. The molecular weight excluding hydrogens is 214 g/mol. The van der Waals surface area contributed by atoms with E-state index in [4.69, 9.17) is 15.3 Å². The number of anilines is 1. The van der Waals surface area contributed by atoms with Crippen molar-refractivity contribution in [3.8, 4) is 12.1 Å². The molecule has 1 aromatic rings. The van der Waals surface area contributed by atoms with Gasteiger partial charge in [0.15, 0.2) is 0 Å². The van der Waals surface area contributed by atoms with Gasteiger partial charge in [-0.1, -0.05) is 12.1 Å². The molecule has 0 spiro atoms. The molecule has 0 atom stereocenters. The maximum absolute atomic E-state index is 9.05. The number of nitriles is 2. The molecular formula is C13H15N3O. The molecule has 0 bridgehead atoms. The number of nitrogens with zero attached hydrogens (tertiary/aromatic N) is 3. The van der Waals surface area contributed by atoms with Gasteiger partial charge in [0.05, 0.1) is 30.3 Å². The minimum Gasteiger partial charge on any atom is -0.383 e. The fourth-order valence-electron chi connectivity index (χ4n) is 1.58. The van der Waals surface area contributed by atoms with E-state index in [1.807, 2.05) is 23.1 Å². The van der Waals surface area contributed by atoms with Crippen LogP contribution in [-0.2, 0) is 4.74 Å². The lowest BCUT2D eigenvalue weighted by molar-refractivity contribution is 0.205. The maximum atomic E-state index is 9.05. The average molecular weight is 229 g/mol. The normalized spacial score (nSPS) is 9.35. The summed E-state index contributed by atoms with van der Waals surface area (Å²) in [6, 6.07) is 11.7. The van der Waals surface area contributed by atoms with E-state index in [1.165, 1.54) is 0 Å². The Balaban J connectivity index is 2.88. The quantitative estimate of drug-likeness (QED) is 0.747. The standard InChI is InChI=1S/C13H15N3O/c1-17-10-9-16(8-4-7-14)13-6-3-2-5-12(13)11-15/h2-3,5-6H,4,8-10H2,1H3. The smallest absolute Gasteiger partial charge is 0.101 e. The first-order chi connectivity index (χ1) is 8.33. The van der Waals surface area contributed by atoms with E-state index >= 15 is 0 Å². The highest BCUT2D eigenvalue weighted by Crippen LogP contribution is 2.19. The Morgan fingerprint density at radius 1 is 1.24 bits per heavy atom. The summed E-state index contributed by atoms with van der Waals surface area (Å²) in [5.74, 6) is 0. The van der Waals surface area contributed by atoms with Crippen LogP contribution in [0.4, 0.5) is 5.69 Å². The van der Waals surface area contributed by atoms with Crippen LogP contribution in [0.1, 0.15) is 12.0 Å². The summed E-state index contributed by atoms with van der Waals surface area (Å²) in [5.41, 5.74) is 1.49. The first-order valence-corrected chi connectivity index (χ1v) is 5.43. The third kappa shape index (κ3) is 3.79. The zero-order chi connectivity index (χ0) is 12.5.